The van der Waals surface area contributed by atoms with Gasteiger partial charge in [-0.25, -0.2) is 4.98 Å². The van der Waals surface area contributed by atoms with Crippen molar-refractivity contribution >= 4 is 27.2 Å². The van der Waals surface area contributed by atoms with E-state index in [0.717, 1.165) is 16.0 Å². The first kappa shape index (κ1) is 17.1. The molecule has 0 bridgehead atoms. The van der Waals surface area contributed by atoms with Crippen molar-refractivity contribution in [3.8, 4) is 5.75 Å². The number of ether oxygens (including phenoxy) is 1. The lowest BCUT2D eigenvalue weighted by molar-refractivity contribution is -0.386. The van der Waals surface area contributed by atoms with E-state index >= 15 is 0 Å². The van der Waals surface area contributed by atoms with Gasteiger partial charge < -0.3 is 9.72 Å². The smallest absolute Gasteiger partial charge is 0.311 e. The highest BCUT2D eigenvalue weighted by Crippen LogP contribution is 2.32. The standard InChI is InChI=1S/C17H17N3O4S/c1-8-5-6-13(12(7-8)20(22)23)24-10(3)15-18-16(21)14-9(2)11(4)25-17(14)19-15/h5-7,10H,1-4H3,(H,18,19,21)/t10-/m0/s1. The highest BCUT2D eigenvalue weighted by atomic mass is 32.1. The third-order valence-corrected chi connectivity index (χ3v) is 5.16. The number of H-pyrrole nitrogens is 1. The van der Waals surface area contributed by atoms with Crippen LogP contribution < -0.4 is 10.3 Å². The van der Waals surface area contributed by atoms with E-state index in [-0.39, 0.29) is 17.0 Å². The molecule has 0 aliphatic heterocycles. The molecule has 2 heterocycles. The van der Waals surface area contributed by atoms with E-state index in [1.807, 2.05) is 13.8 Å². The van der Waals surface area contributed by atoms with Crippen LogP contribution in [-0.4, -0.2) is 14.9 Å². The number of aromatic nitrogens is 2. The third kappa shape index (κ3) is 3.12. The van der Waals surface area contributed by atoms with Gasteiger partial charge in [-0.2, -0.15) is 0 Å². The second-order valence-electron chi connectivity index (χ2n) is 5.90. The molecule has 0 radical (unpaired) electrons. The zero-order chi connectivity index (χ0) is 18.3. The van der Waals surface area contributed by atoms with E-state index in [9.17, 15) is 14.9 Å². The van der Waals surface area contributed by atoms with E-state index in [1.165, 1.54) is 17.4 Å². The lowest BCUT2D eigenvalue weighted by Crippen LogP contribution is -2.16. The molecule has 0 saturated carbocycles. The van der Waals surface area contributed by atoms with E-state index < -0.39 is 11.0 Å². The number of aryl methyl sites for hydroxylation is 3. The van der Waals surface area contributed by atoms with Gasteiger partial charge in [-0.05, 0) is 44.9 Å². The fourth-order valence-electron chi connectivity index (χ4n) is 2.58. The van der Waals surface area contributed by atoms with Gasteiger partial charge in [-0.3, -0.25) is 14.9 Å². The molecule has 7 nitrogen and oxygen atoms in total. The molecule has 0 amide bonds. The number of nitro benzene ring substituents is 1. The maximum atomic E-state index is 12.4. The fourth-order valence-corrected chi connectivity index (χ4v) is 3.62. The summed E-state index contributed by atoms with van der Waals surface area (Å²) in [5.41, 5.74) is 1.35. The normalized spacial score (nSPS) is 12.3. The quantitative estimate of drug-likeness (QED) is 0.561. The number of rotatable bonds is 4. The summed E-state index contributed by atoms with van der Waals surface area (Å²) in [5, 5.41) is 11.8. The Morgan fingerprint density at radius 3 is 2.72 bits per heavy atom. The van der Waals surface area contributed by atoms with E-state index in [4.69, 9.17) is 4.74 Å². The number of nitrogens with zero attached hydrogens (tertiary/aromatic N) is 2. The molecule has 0 saturated heterocycles. The Hall–Kier alpha value is -2.74. The number of fused-ring (bicyclic) bond motifs is 1. The zero-order valence-electron chi connectivity index (χ0n) is 14.2. The van der Waals surface area contributed by atoms with Gasteiger partial charge in [0.2, 0.25) is 0 Å². The van der Waals surface area contributed by atoms with Crippen LogP contribution in [0.1, 0.15) is 34.9 Å². The van der Waals surface area contributed by atoms with Crippen molar-refractivity contribution in [3.05, 3.63) is 60.5 Å². The van der Waals surface area contributed by atoms with Crippen LogP contribution in [0.3, 0.4) is 0 Å². The summed E-state index contributed by atoms with van der Waals surface area (Å²) in [6.07, 6.45) is -0.638. The number of aromatic amines is 1. The molecule has 0 aliphatic rings. The van der Waals surface area contributed by atoms with Gasteiger partial charge in [0.05, 0.1) is 10.3 Å². The summed E-state index contributed by atoms with van der Waals surface area (Å²) < 4.78 is 5.72. The second kappa shape index (κ2) is 6.29. The minimum absolute atomic E-state index is 0.113. The summed E-state index contributed by atoms with van der Waals surface area (Å²) in [4.78, 5) is 32.0. The molecular weight excluding hydrogens is 342 g/mol. The minimum atomic E-state index is -0.638. The van der Waals surface area contributed by atoms with Gasteiger partial charge >= 0.3 is 5.69 Å². The van der Waals surface area contributed by atoms with Crippen molar-refractivity contribution in [1.82, 2.24) is 9.97 Å². The zero-order valence-corrected chi connectivity index (χ0v) is 15.1. The molecule has 0 aliphatic carbocycles. The molecule has 2 aromatic heterocycles. The van der Waals surface area contributed by atoms with E-state index in [2.05, 4.69) is 9.97 Å². The highest BCUT2D eigenvalue weighted by molar-refractivity contribution is 7.18. The Balaban J connectivity index is 2.00. The molecule has 0 fully saturated rings. The van der Waals surface area contributed by atoms with Crippen molar-refractivity contribution in [3.63, 3.8) is 0 Å². The average molecular weight is 359 g/mol. The van der Waals surface area contributed by atoms with Crippen LogP contribution in [0.4, 0.5) is 5.69 Å². The van der Waals surface area contributed by atoms with Crippen LogP contribution in [0.25, 0.3) is 10.2 Å². The lowest BCUT2D eigenvalue weighted by Gasteiger charge is -2.14. The van der Waals surface area contributed by atoms with Crippen molar-refractivity contribution in [2.24, 2.45) is 0 Å². The summed E-state index contributed by atoms with van der Waals surface area (Å²) in [6.45, 7) is 7.30. The number of hydrogen-bond acceptors (Lipinski definition) is 6. The van der Waals surface area contributed by atoms with E-state index in [0.29, 0.717) is 16.0 Å². The lowest BCUT2D eigenvalue weighted by atomic mass is 10.2. The Kier molecular flexibility index (Phi) is 4.30. The van der Waals surface area contributed by atoms with Gasteiger partial charge in [-0.15, -0.1) is 11.3 Å². The predicted octanol–water partition coefficient (Wildman–Crippen LogP) is 3.96. The Labute approximate surface area is 147 Å². The Morgan fingerprint density at radius 2 is 2.04 bits per heavy atom. The largest absolute Gasteiger partial charge is 0.476 e. The van der Waals surface area contributed by atoms with Crippen molar-refractivity contribution in [1.29, 1.82) is 0 Å². The number of benzene rings is 1. The number of hydrogen-bond donors (Lipinski definition) is 1. The van der Waals surface area contributed by atoms with Gasteiger partial charge in [-0.1, -0.05) is 6.07 Å². The molecule has 1 N–H and O–H groups in total. The number of nitro groups is 1. The van der Waals surface area contributed by atoms with Crippen molar-refractivity contribution in [2.45, 2.75) is 33.8 Å². The molecule has 130 valence electrons. The molecule has 0 unspecified atom stereocenters. The second-order valence-corrected chi connectivity index (χ2v) is 7.11. The monoisotopic (exact) mass is 359 g/mol. The highest BCUT2D eigenvalue weighted by Gasteiger charge is 2.21. The Bertz CT molecular complexity index is 1040. The van der Waals surface area contributed by atoms with Gasteiger partial charge in [0.1, 0.15) is 4.83 Å². The van der Waals surface area contributed by atoms with Gasteiger partial charge in [0.15, 0.2) is 17.7 Å². The first-order chi connectivity index (χ1) is 11.8. The topological polar surface area (TPSA) is 98.1 Å². The van der Waals surface area contributed by atoms with E-state index in [1.54, 1.807) is 26.0 Å². The van der Waals surface area contributed by atoms with Crippen LogP contribution in [0.2, 0.25) is 0 Å². The maximum Gasteiger partial charge on any atom is 0.311 e. The van der Waals surface area contributed by atoms with Crippen molar-refractivity contribution in [2.75, 3.05) is 0 Å². The molecular formula is C17H17N3O4S. The molecule has 3 aromatic rings. The molecule has 8 heteroatoms. The third-order valence-electron chi connectivity index (χ3n) is 4.06. The molecule has 3 rings (SSSR count). The summed E-state index contributed by atoms with van der Waals surface area (Å²) >= 11 is 1.45. The SMILES string of the molecule is Cc1ccc(O[C@@H](C)c2nc3sc(C)c(C)c3c(=O)[nH]2)c([N+](=O)[O-])c1. The minimum Gasteiger partial charge on any atom is -0.476 e. The van der Waals surface area contributed by atoms with Crippen LogP contribution >= 0.6 is 11.3 Å². The number of thiophene rings is 1. The average Bonchev–Trinajstić information content (AvgIpc) is 2.83. The van der Waals surface area contributed by atoms with Gasteiger partial charge in [0.25, 0.3) is 5.56 Å². The summed E-state index contributed by atoms with van der Waals surface area (Å²) in [6, 6.07) is 4.74. The number of nitrogens with one attached hydrogen (secondary N) is 1. The van der Waals surface area contributed by atoms with Crippen LogP contribution in [0.15, 0.2) is 23.0 Å². The first-order valence-corrected chi connectivity index (χ1v) is 8.51. The first-order valence-electron chi connectivity index (χ1n) is 7.69. The summed E-state index contributed by atoms with van der Waals surface area (Å²) in [7, 11) is 0. The fraction of sp³-hybridized carbons (Fsp3) is 0.294. The predicted molar refractivity (Wildman–Crippen MR) is 96.6 cm³/mol. The van der Waals surface area contributed by atoms with Crippen LogP contribution in [0.5, 0.6) is 5.75 Å². The molecule has 0 spiro atoms. The molecule has 1 atom stereocenters. The van der Waals surface area contributed by atoms with Gasteiger partial charge in [0, 0.05) is 10.9 Å². The molecule has 25 heavy (non-hydrogen) atoms. The summed E-state index contributed by atoms with van der Waals surface area (Å²) in [5.74, 6) is 0.484. The van der Waals surface area contributed by atoms with Crippen LogP contribution in [0, 0.1) is 30.9 Å². The van der Waals surface area contributed by atoms with Crippen LogP contribution in [-0.2, 0) is 0 Å². The molecule has 1 aromatic carbocycles. The Morgan fingerprint density at radius 1 is 1.32 bits per heavy atom. The van der Waals surface area contributed by atoms with Crippen molar-refractivity contribution < 1.29 is 9.66 Å². The maximum absolute atomic E-state index is 12.4.